The van der Waals surface area contributed by atoms with Crippen LogP contribution in [0.4, 0.5) is 13.2 Å². The van der Waals surface area contributed by atoms with E-state index in [1.165, 1.54) is 23.1 Å². The summed E-state index contributed by atoms with van der Waals surface area (Å²) in [7, 11) is 0. The van der Waals surface area contributed by atoms with E-state index in [4.69, 9.17) is 4.74 Å². The summed E-state index contributed by atoms with van der Waals surface area (Å²) in [6.45, 7) is 2.02. The molecule has 0 aliphatic carbocycles. The zero-order valence-corrected chi connectivity index (χ0v) is 11.1. The highest BCUT2D eigenvalue weighted by Crippen LogP contribution is 2.27. The molecule has 2 aromatic heterocycles. The fraction of sp³-hybridized carbons (Fsp3) is 0.308. The third-order valence-electron chi connectivity index (χ3n) is 2.60. The second kappa shape index (κ2) is 5.94. The summed E-state index contributed by atoms with van der Waals surface area (Å²) < 4.78 is 43.8. The predicted molar refractivity (Wildman–Crippen MR) is 66.5 cm³/mol. The standard InChI is InChI=1S/C13H12F3N3O2/c1-2-21-12(20)10-6-18-19(8-10)7-9-3-4-17-11(5-9)13(14,15)16/h3-6,8H,2,7H2,1H3. The Bertz CT molecular complexity index is 638. The molecule has 0 spiro atoms. The Morgan fingerprint density at radius 2 is 2.19 bits per heavy atom. The second-order valence-electron chi connectivity index (χ2n) is 4.19. The van der Waals surface area contributed by atoms with Crippen molar-refractivity contribution in [3.05, 3.63) is 47.5 Å². The highest BCUT2D eigenvalue weighted by Gasteiger charge is 2.32. The van der Waals surface area contributed by atoms with Gasteiger partial charge in [0.1, 0.15) is 5.69 Å². The molecule has 0 amide bonds. The Hall–Kier alpha value is -2.38. The monoisotopic (exact) mass is 299 g/mol. The predicted octanol–water partition coefficient (Wildman–Crippen LogP) is 2.52. The number of aromatic nitrogens is 3. The van der Waals surface area contributed by atoms with Crippen molar-refractivity contribution >= 4 is 5.97 Å². The molecule has 8 heteroatoms. The highest BCUT2D eigenvalue weighted by atomic mass is 19.4. The molecule has 0 N–H and O–H groups in total. The largest absolute Gasteiger partial charge is 0.462 e. The van der Waals surface area contributed by atoms with Gasteiger partial charge in [-0.05, 0) is 24.6 Å². The number of carbonyl (C=O) groups excluding carboxylic acids is 1. The van der Waals surface area contributed by atoms with E-state index in [-0.39, 0.29) is 18.7 Å². The molecule has 2 rings (SSSR count). The lowest BCUT2D eigenvalue weighted by Gasteiger charge is -2.07. The number of pyridine rings is 1. The van der Waals surface area contributed by atoms with Crippen LogP contribution in [0.15, 0.2) is 30.7 Å². The summed E-state index contributed by atoms with van der Waals surface area (Å²) in [5.41, 5.74) is -0.324. The van der Waals surface area contributed by atoms with Gasteiger partial charge < -0.3 is 4.74 Å². The molecule has 0 atom stereocenters. The smallest absolute Gasteiger partial charge is 0.433 e. The van der Waals surface area contributed by atoms with E-state index in [0.29, 0.717) is 5.56 Å². The van der Waals surface area contributed by atoms with Gasteiger partial charge in [-0.15, -0.1) is 0 Å². The molecule has 0 unspecified atom stereocenters. The van der Waals surface area contributed by atoms with Crippen LogP contribution >= 0.6 is 0 Å². The fourth-order valence-corrected chi connectivity index (χ4v) is 1.68. The lowest BCUT2D eigenvalue weighted by molar-refractivity contribution is -0.141. The van der Waals surface area contributed by atoms with E-state index < -0.39 is 17.8 Å². The maximum Gasteiger partial charge on any atom is 0.433 e. The molecule has 2 heterocycles. The minimum Gasteiger partial charge on any atom is -0.462 e. The van der Waals surface area contributed by atoms with Crippen molar-refractivity contribution in [2.75, 3.05) is 6.61 Å². The Kier molecular flexibility index (Phi) is 4.25. The van der Waals surface area contributed by atoms with Crippen molar-refractivity contribution in [2.45, 2.75) is 19.6 Å². The first-order valence-corrected chi connectivity index (χ1v) is 6.12. The van der Waals surface area contributed by atoms with E-state index in [1.807, 2.05) is 0 Å². The first-order valence-electron chi connectivity index (χ1n) is 6.12. The summed E-state index contributed by atoms with van der Waals surface area (Å²) >= 11 is 0. The van der Waals surface area contributed by atoms with E-state index in [9.17, 15) is 18.0 Å². The summed E-state index contributed by atoms with van der Waals surface area (Å²) in [5.74, 6) is -0.519. The number of esters is 1. The molecule has 0 aromatic carbocycles. The van der Waals surface area contributed by atoms with E-state index in [2.05, 4.69) is 10.1 Å². The van der Waals surface area contributed by atoms with Crippen LogP contribution in [0.2, 0.25) is 0 Å². The number of nitrogens with zero attached hydrogens (tertiary/aromatic N) is 3. The summed E-state index contributed by atoms with van der Waals surface area (Å²) in [5, 5.41) is 3.92. The zero-order chi connectivity index (χ0) is 15.5. The molecule has 0 aliphatic rings. The molecule has 5 nitrogen and oxygen atoms in total. The van der Waals surface area contributed by atoms with Crippen LogP contribution in [0.3, 0.4) is 0 Å². The van der Waals surface area contributed by atoms with Crippen molar-refractivity contribution in [1.29, 1.82) is 0 Å². The number of hydrogen-bond acceptors (Lipinski definition) is 4. The van der Waals surface area contributed by atoms with Crippen LogP contribution in [0, 0.1) is 0 Å². The zero-order valence-electron chi connectivity index (χ0n) is 11.1. The van der Waals surface area contributed by atoms with Gasteiger partial charge in [0.2, 0.25) is 0 Å². The van der Waals surface area contributed by atoms with Gasteiger partial charge in [-0.3, -0.25) is 9.67 Å². The molecule has 0 saturated heterocycles. The van der Waals surface area contributed by atoms with Crippen molar-refractivity contribution in [1.82, 2.24) is 14.8 Å². The molecule has 0 bridgehead atoms. The Labute approximate surface area is 118 Å². The van der Waals surface area contributed by atoms with Crippen LogP contribution in [-0.4, -0.2) is 27.3 Å². The molecule has 21 heavy (non-hydrogen) atoms. The van der Waals surface area contributed by atoms with E-state index in [1.54, 1.807) is 6.92 Å². The number of ether oxygens (including phenoxy) is 1. The maximum atomic E-state index is 12.6. The van der Waals surface area contributed by atoms with Gasteiger partial charge in [0, 0.05) is 12.4 Å². The van der Waals surface area contributed by atoms with E-state index in [0.717, 1.165) is 12.3 Å². The molecule has 0 fully saturated rings. The van der Waals surface area contributed by atoms with Gasteiger partial charge >= 0.3 is 12.1 Å². The SMILES string of the molecule is CCOC(=O)c1cnn(Cc2ccnc(C(F)(F)F)c2)c1. The molecule has 2 aromatic rings. The summed E-state index contributed by atoms with van der Waals surface area (Å²) in [6.07, 6.45) is -0.667. The van der Waals surface area contributed by atoms with Crippen LogP contribution < -0.4 is 0 Å². The molecule has 0 radical (unpaired) electrons. The summed E-state index contributed by atoms with van der Waals surface area (Å²) in [6, 6.07) is 2.41. The first-order chi connectivity index (χ1) is 9.90. The lowest BCUT2D eigenvalue weighted by atomic mass is 10.2. The van der Waals surface area contributed by atoms with Gasteiger partial charge in [0.15, 0.2) is 0 Å². The second-order valence-corrected chi connectivity index (χ2v) is 4.19. The molecular formula is C13H12F3N3O2. The normalized spacial score (nSPS) is 11.4. The number of halogens is 3. The molecule has 0 saturated carbocycles. The van der Waals surface area contributed by atoms with Crippen LogP contribution in [0.5, 0.6) is 0 Å². The van der Waals surface area contributed by atoms with Gasteiger partial charge in [0.25, 0.3) is 0 Å². The van der Waals surface area contributed by atoms with Crippen molar-refractivity contribution in [3.63, 3.8) is 0 Å². The number of carbonyl (C=O) groups is 1. The maximum absolute atomic E-state index is 12.6. The van der Waals surface area contributed by atoms with E-state index >= 15 is 0 Å². The topological polar surface area (TPSA) is 57.0 Å². The van der Waals surface area contributed by atoms with Crippen LogP contribution in [-0.2, 0) is 17.5 Å². The van der Waals surface area contributed by atoms with Gasteiger partial charge in [0.05, 0.1) is 24.9 Å². The minimum absolute atomic E-state index is 0.102. The number of hydrogen-bond donors (Lipinski definition) is 0. The quantitative estimate of drug-likeness (QED) is 0.814. The first kappa shape index (κ1) is 15.0. The third-order valence-corrected chi connectivity index (χ3v) is 2.60. The molecular weight excluding hydrogens is 287 g/mol. The van der Waals surface area contributed by atoms with Crippen molar-refractivity contribution in [2.24, 2.45) is 0 Å². The lowest BCUT2D eigenvalue weighted by Crippen LogP contribution is -2.09. The summed E-state index contributed by atoms with van der Waals surface area (Å²) in [4.78, 5) is 14.7. The number of alkyl halides is 3. The van der Waals surface area contributed by atoms with Crippen LogP contribution in [0.25, 0.3) is 0 Å². The molecule has 0 aliphatic heterocycles. The fourth-order valence-electron chi connectivity index (χ4n) is 1.68. The third kappa shape index (κ3) is 3.80. The Morgan fingerprint density at radius 1 is 1.43 bits per heavy atom. The molecule has 112 valence electrons. The number of rotatable bonds is 4. The van der Waals surface area contributed by atoms with Crippen LogP contribution in [0.1, 0.15) is 28.5 Å². The van der Waals surface area contributed by atoms with Gasteiger partial charge in [-0.1, -0.05) is 0 Å². The minimum atomic E-state index is -4.49. The van der Waals surface area contributed by atoms with Crippen molar-refractivity contribution < 1.29 is 22.7 Å². The highest BCUT2D eigenvalue weighted by molar-refractivity contribution is 5.88. The van der Waals surface area contributed by atoms with Crippen molar-refractivity contribution in [3.8, 4) is 0 Å². The average molecular weight is 299 g/mol. The average Bonchev–Trinajstić information content (AvgIpc) is 2.87. The van der Waals surface area contributed by atoms with Gasteiger partial charge in [-0.25, -0.2) is 4.79 Å². The van der Waals surface area contributed by atoms with Gasteiger partial charge in [-0.2, -0.15) is 18.3 Å². The Balaban J connectivity index is 2.14. The Morgan fingerprint density at radius 3 is 2.86 bits per heavy atom.